The third-order valence-electron chi connectivity index (χ3n) is 5.83. The fraction of sp³-hybridized carbons (Fsp3) is 0.280. The highest BCUT2D eigenvalue weighted by molar-refractivity contribution is 5.99. The lowest BCUT2D eigenvalue weighted by molar-refractivity contribution is -0.121. The maximum absolute atomic E-state index is 12.4. The molecule has 164 valence electrons. The number of aromatic amines is 1. The molecule has 0 unspecified atom stereocenters. The quantitative estimate of drug-likeness (QED) is 0.561. The van der Waals surface area contributed by atoms with Crippen LogP contribution in [0.25, 0.3) is 11.1 Å². The van der Waals surface area contributed by atoms with Crippen molar-refractivity contribution in [2.45, 2.75) is 38.6 Å². The lowest BCUT2D eigenvalue weighted by Gasteiger charge is -2.19. The van der Waals surface area contributed by atoms with Gasteiger partial charge in [0, 0.05) is 29.8 Å². The monoisotopic (exact) mass is 431 g/mol. The first-order valence-electron chi connectivity index (χ1n) is 10.8. The zero-order chi connectivity index (χ0) is 22.5. The van der Waals surface area contributed by atoms with Crippen molar-refractivity contribution in [2.24, 2.45) is 0 Å². The maximum atomic E-state index is 12.4. The molecular formula is C25H25N3O4. The first-order valence-corrected chi connectivity index (χ1v) is 10.8. The zero-order valence-corrected chi connectivity index (χ0v) is 17.7. The molecule has 1 heterocycles. The first-order chi connectivity index (χ1) is 15.5. The molecule has 0 bridgehead atoms. The third-order valence-corrected chi connectivity index (χ3v) is 5.83. The smallest absolute Gasteiger partial charge is 0.328 e. The minimum Gasteiger partial charge on any atom is -0.349 e. The van der Waals surface area contributed by atoms with Gasteiger partial charge in [-0.15, -0.1) is 0 Å². The number of benzene rings is 2. The fourth-order valence-corrected chi connectivity index (χ4v) is 4.09. The number of hydrogen-bond donors (Lipinski definition) is 2. The van der Waals surface area contributed by atoms with E-state index in [9.17, 15) is 19.2 Å². The number of fused-ring (bicyclic) bond motifs is 1. The van der Waals surface area contributed by atoms with Crippen LogP contribution < -0.4 is 16.6 Å². The predicted octanol–water partition coefficient (Wildman–Crippen LogP) is 2.47. The highest BCUT2D eigenvalue weighted by atomic mass is 16.2. The van der Waals surface area contributed by atoms with E-state index in [0.29, 0.717) is 24.0 Å². The third kappa shape index (κ3) is 4.77. The van der Waals surface area contributed by atoms with E-state index in [-0.39, 0.29) is 36.8 Å². The minimum absolute atomic E-state index is 0.0542. The number of aromatic nitrogens is 2. The molecule has 3 aromatic rings. The van der Waals surface area contributed by atoms with Crippen molar-refractivity contribution in [3.8, 4) is 11.1 Å². The Morgan fingerprint density at radius 2 is 1.59 bits per heavy atom. The van der Waals surface area contributed by atoms with Gasteiger partial charge in [-0.3, -0.25) is 23.9 Å². The van der Waals surface area contributed by atoms with Gasteiger partial charge in [0.05, 0.1) is 6.54 Å². The van der Waals surface area contributed by atoms with Crippen molar-refractivity contribution < 1.29 is 9.59 Å². The SMILES string of the molecule is O=C(CCn1c2c(c(=O)[nH]c1=O)CCCC2)NCC(=O)c1ccc(-c2ccccc2)cc1. The Morgan fingerprint density at radius 1 is 0.906 bits per heavy atom. The largest absolute Gasteiger partial charge is 0.349 e. The van der Waals surface area contributed by atoms with Crippen LogP contribution >= 0.6 is 0 Å². The van der Waals surface area contributed by atoms with E-state index in [1.807, 2.05) is 42.5 Å². The number of rotatable bonds is 7. The maximum Gasteiger partial charge on any atom is 0.328 e. The number of ketones is 1. The van der Waals surface area contributed by atoms with Gasteiger partial charge >= 0.3 is 5.69 Å². The van der Waals surface area contributed by atoms with Crippen molar-refractivity contribution in [3.63, 3.8) is 0 Å². The molecule has 4 rings (SSSR count). The van der Waals surface area contributed by atoms with Gasteiger partial charge in [-0.2, -0.15) is 0 Å². The standard InChI is InChI=1S/C25H25N3O4/c29-22(19-12-10-18(11-13-19)17-6-2-1-3-7-17)16-26-23(30)14-15-28-21-9-5-4-8-20(21)24(31)27-25(28)32/h1-3,6-7,10-13H,4-5,8-9,14-16H2,(H,26,30)(H,27,31,32). The molecule has 0 spiro atoms. The van der Waals surface area contributed by atoms with Crippen LogP contribution in [0, 0.1) is 0 Å². The van der Waals surface area contributed by atoms with E-state index in [0.717, 1.165) is 29.7 Å². The van der Waals surface area contributed by atoms with Crippen LogP contribution in [0.1, 0.15) is 40.9 Å². The lowest BCUT2D eigenvalue weighted by Crippen LogP contribution is -2.38. The molecule has 1 amide bonds. The second kappa shape index (κ2) is 9.60. The number of carbonyl (C=O) groups is 2. The van der Waals surface area contributed by atoms with Crippen LogP contribution in [0.2, 0.25) is 0 Å². The Hall–Kier alpha value is -3.74. The van der Waals surface area contributed by atoms with Gasteiger partial charge in [-0.05, 0) is 36.8 Å². The van der Waals surface area contributed by atoms with E-state index < -0.39 is 5.69 Å². The first kappa shape index (κ1) is 21.5. The van der Waals surface area contributed by atoms with E-state index in [4.69, 9.17) is 0 Å². The van der Waals surface area contributed by atoms with Crippen molar-refractivity contribution >= 4 is 11.7 Å². The van der Waals surface area contributed by atoms with E-state index in [1.54, 1.807) is 12.1 Å². The van der Waals surface area contributed by atoms with Gasteiger partial charge in [0.25, 0.3) is 5.56 Å². The minimum atomic E-state index is -0.488. The van der Waals surface area contributed by atoms with Gasteiger partial charge in [-0.1, -0.05) is 54.6 Å². The molecule has 0 fully saturated rings. The molecule has 0 atom stereocenters. The number of carbonyl (C=O) groups excluding carboxylic acids is 2. The average Bonchev–Trinajstić information content (AvgIpc) is 2.83. The molecule has 32 heavy (non-hydrogen) atoms. The molecule has 0 radical (unpaired) electrons. The van der Waals surface area contributed by atoms with Gasteiger partial charge in [0.2, 0.25) is 5.91 Å². The molecule has 0 saturated heterocycles. The molecular weight excluding hydrogens is 406 g/mol. The van der Waals surface area contributed by atoms with Gasteiger partial charge in [0.15, 0.2) is 5.78 Å². The molecule has 1 aliphatic rings. The van der Waals surface area contributed by atoms with Crippen molar-refractivity contribution in [1.82, 2.24) is 14.9 Å². The Morgan fingerprint density at radius 3 is 2.34 bits per heavy atom. The number of Topliss-reactive ketones (excluding diaryl/α,β-unsaturated/α-hetero) is 1. The van der Waals surface area contributed by atoms with Crippen molar-refractivity contribution in [1.29, 1.82) is 0 Å². The van der Waals surface area contributed by atoms with Crippen LogP contribution in [0.15, 0.2) is 64.2 Å². The van der Waals surface area contributed by atoms with E-state index >= 15 is 0 Å². The fourth-order valence-electron chi connectivity index (χ4n) is 4.09. The number of hydrogen-bond acceptors (Lipinski definition) is 4. The average molecular weight is 431 g/mol. The summed E-state index contributed by atoms with van der Waals surface area (Å²) in [7, 11) is 0. The summed E-state index contributed by atoms with van der Waals surface area (Å²) in [6, 6.07) is 17.1. The summed E-state index contributed by atoms with van der Waals surface area (Å²) in [6.07, 6.45) is 3.20. The predicted molar refractivity (Wildman–Crippen MR) is 122 cm³/mol. The highest BCUT2D eigenvalue weighted by Crippen LogP contribution is 2.19. The molecule has 1 aliphatic carbocycles. The molecule has 1 aromatic heterocycles. The summed E-state index contributed by atoms with van der Waals surface area (Å²) in [5.74, 6) is -0.501. The number of nitrogens with one attached hydrogen (secondary N) is 2. The summed E-state index contributed by atoms with van der Waals surface area (Å²) in [5.41, 5.74) is 3.17. The van der Waals surface area contributed by atoms with Crippen LogP contribution in [-0.4, -0.2) is 27.8 Å². The zero-order valence-electron chi connectivity index (χ0n) is 17.7. The van der Waals surface area contributed by atoms with Crippen LogP contribution in [-0.2, 0) is 24.2 Å². The molecule has 0 aliphatic heterocycles. The summed E-state index contributed by atoms with van der Waals surface area (Å²) in [5, 5.41) is 2.63. The van der Waals surface area contributed by atoms with Crippen molar-refractivity contribution in [2.75, 3.05) is 6.54 Å². The topological polar surface area (TPSA) is 101 Å². The molecule has 2 aromatic carbocycles. The van der Waals surface area contributed by atoms with Crippen LogP contribution in [0.4, 0.5) is 0 Å². The Kier molecular flexibility index (Phi) is 6.44. The highest BCUT2D eigenvalue weighted by Gasteiger charge is 2.18. The Labute approximate surface area is 185 Å². The normalized spacial score (nSPS) is 12.8. The summed E-state index contributed by atoms with van der Waals surface area (Å²) >= 11 is 0. The lowest BCUT2D eigenvalue weighted by atomic mass is 9.97. The Bertz CT molecular complexity index is 1240. The van der Waals surface area contributed by atoms with Gasteiger partial charge in [0.1, 0.15) is 0 Å². The Balaban J connectivity index is 1.33. The second-order valence-corrected chi connectivity index (χ2v) is 7.94. The summed E-state index contributed by atoms with van der Waals surface area (Å²) < 4.78 is 1.49. The summed E-state index contributed by atoms with van der Waals surface area (Å²) in [4.78, 5) is 51.3. The molecule has 7 nitrogen and oxygen atoms in total. The number of amides is 1. The molecule has 7 heteroatoms. The second-order valence-electron chi connectivity index (χ2n) is 7.94. The van der Waals surface area contributed by atoms with E-state index in [1.165, 1.54) is 4.57 Å². The number of H-pyrrole nitrogens is 1. The van der Waals surface area contributed by atoms with Crippen LogP contribution in [0.3, 0.4) is 0 Å². The molecule has 2 N–H and O–H groups in total. The van der Waals surface area contributed by atoms with Crippen molar-refractivity contribution in [3.05, 3.63) is 92.3 Å². The molecule has 0 saturated carbocycles. The van der Waals surface area contributed by atoms with Gasteiger partial charge in [-0.25, -0.2) is 4.79 Å². The van der Waals surface area contributed by atoms with Gasteiger partial charge < -0.3 is 5.32 Å². The summed E-state index contributed by atoms with van der Waals surface area (Å²) in [6.45, 7) is 0.0614. The van der Waals surface area contributed by atoms with E-state index in [2.05, 4.69) is 10.3 Å². The van der Waals surface area contributed by atoms with Crippen LogP contribution in [0.5, 0.6) is 0 Å². The number of nitrogens with zero attached hydrogens (tertiary/aromatic N) is 1.